The van der Waals surface area contributed by atoms with Gasteiger partial charge in [0, 0.05) is 18.8 Å². The first kappa shape index (κ1) is 11.5. The van der Waals surface area contributed by atoms with Crippen LogP contribution < -0.4 is 4.90 Å². The summed E-state index contributed by atoms with van der Waals surface area (Å²) in [6.45, 7) is 10.4. The standard InChI is InChI=1S/C14H21NO/c1-11(2)13-4-5-14(12(3)10-13)15-6-8-16-9-7-15/h4-5,10-11H,6-9H2,1-3H3. The normalized spacial score (nSPS) is 16.9. The molecule has 2 rings (SSSR count). The van der Waals surface area contributed by atoms with Gasteiger partial charge in [-0.05, 0) is 30.0 Å². The molecule has 1 aliphatic heterocycles. The van der Waals surface area contributed by atoms with Gasteiger partial charge in [0.2, 0.25) is 0 Å². The number of nitrogens with zero attached hydrogens (tertiary/aromatic N) is 1. The number of morpholine rings is 1. The Labute approximate surface area is 98.2 Å². The maximum Gasteiger partial charge on any atom is 0.0642 e. The van der Waals surface area contributed by atoms with Gasteiger partial charge in [-0.3, -0.25) is 0 Å². The Kier molecular flexibility index (Phi) is 3.49. The van der Waals surface area contributed by atoms with E-state index in [4.69, 9.17) is 4.74 Å². The minimum Gasteiger partial charge on any atom is -0.378 e. The van der Waals surface area contributed by atoms with E-state index in [2.05, 4.69) is 43.9 Å². The first-order valence-electron chi connectivity index (χ1n) is 6.11. The molecule has 16 heavy (non-hydrogen) atoms. The number of rotatable bonds is 2. The topological polar surface area (TPSA) is 12.5 Å². The quantitative estimate of drug-likeness (QED) is 0.758. The van der Waals surface area contributed by atoms with Crippen molar-refractivity contribution in [2.45, 2.75) is 26.7 Å². The van der Waals surface area contributed by atoms with Crippen LogP contribution in [0.2, 0.25) is 0 Å². The minimum atomic E-state index is 0.609. The molecule has 2 nitrogen and oxygen atoms in total. The lowest BCUT2D eigenvalue weighted by Gasteiger charge is -2.30. The molecule has 0 N–H and O–H groups in total. The van der Waals surface area contributed by atoms with Crippen molar-refractivity contribution in [2.24, 2.45) is 0 Å². The van der Waals surface area contributed by atoms with Gasteiger partial charge in [0.15, 0.2) is 0 Å². The number of hydrogen-bond acceptors (Lipinski definition) is 2. The van der Waals surface area contributed by atoms with Crippen LogP contribution in [0.5, 0.6) is 0 Å². The SMILES string of the molecule is Cc1cc(C(C)C)ccc1N1CCOCC1. The zero-order chi connectivity index (χ0) is 11.5. The van der Waals surface area contributed by atoms with Crippen LogP contribution in [0.25, 0.3) is 0 Å². The average molecular weight is 219 g/mol. The largest absolute Gasteiger partial charge is 0.378 e. The summed E-state index contributed by atoms with van der Waals surface area (Å²) in [5.74, 6) is 0.609. The molecule has 0 spiro atoms. The van der Waals surface area contributed by atoms with Gasteiger partial charge < -0.3 is 9.64 Å². The molecule has 0 saturated carbocycles. The fraction of sp³-hybridized carbons (Fsp3) is 0.571. The number of ether oxygens (including phenoxy) is 1. The summed E-state index contributed by atoms with van der Waals surface area (Å²) >= 11 is 0. The van der Waals surface area contributed by atoms with Crippen LogP contribution in [0.15, 0.2) is 18.2 Å². The summed E-state index contributed by atoms with van der Waals surface area (Å²) in [6, 6.07) is 6.83. The summed E-state index contributed by atoms with van der Waals surface area (Å²) < 4.78 is 5.38. The maximum absolute atomic E-state index is 5.38. The summed E-state index contributed by atoms with van der Waals surface area (Å²) in [5.41, 5.74) is 4.18. The third kappa shape index (κ3) is 2.38. The zero-order valence-corrected chi connectivity index (χ0v) is 10.5. The molecule has 1 aromatic carbocycles. The van der Waals surface area contributed by atoms with E-state index in [0.29, 0.717) is 5.92 Å². The summed E-state index contributed by atoms with van der Waals surface area (Å²) in [7, 11) is 0. The number of anilines is 1. The lowest BCUT2D eigenvalue weighted by atomic mass is 10.00. The summed E-state index contributed by atoms with van der Waals surface area (Å²) in [4.78, 5) is 2.42. The molecule has 0 bridgehead atoms. The zero-order valence-electron chi connectivity index (χ0n) is 10.5. The Morgan fingerprint density at radius 1 is 1.19 bits per heavy atom. The minimum absolute atomic E-state index is 0.609. The third-order valence-electron chi connectivity index (χ3n) is 3.24. The number of hydrogen-bond donors (Lipinski definition) is 0. The average Bonchev–Trinajstić information content (AvgIpc) is 2.30. The van der Waals surface area contributed by atoms with Gasteiger partial charge in [-0.2, -0.15) is 0 Å². The van der Waals surface area contributed by atoms with E-state index >= 15 is 0 Å². The van der Waals surface area contributed by atoms with Crippen LogP contribution in [-0.4, -0.2) is 26.3 Å². The predicted molar refractivity (Wildman–Crippen MR) is 68.3 cm³/mol. The second-order valence-corrected chi connectivity index (χ2v) is 4.80. The molecule has 0 atom stereocenters. The Bertz CT molecular complexity index is 354. The molecular weight excluding hydrogens is 198 g/mol. The van der Waals surface area contributed by atoms with Gasteiger partial charge in [-0.15, -0.1) is 0 Å². The van der Waals surface area contributed by atoms with Gasteiger partial charge in [0.05, 0.1) is 13.2 Å². The van der Waals surface area contributed by atoms with E-state index < -0.39 is 0 Å². The second-order valence-electron chi connectivity index (χ2n) is 4.80. The van der Waals surface area contributed by atoms with Gasteiger partial charge in [0.1, 0.15) is 0 Å². The molecule has 1 aliphatic rings. The highest BCUT2D eigenvalue weighted by atomic mass is 16.5. The van der Waals surface area contributed by atoms with Crippen molar-refractivity contribution in [1.82, 2.24) is 0 Å². The van der Waals surface area contributed by atoms with Crippen LogP contribution in [0.3, 0.4) is 0 Å². The molecule has 88 valence electrons. The second kappa shape index (κ2) is 4.88. The molecule has 1 aromatic rings. The highest BCUT2D eigenvalue weighted by Crippen LogP contribution is 2.25. The van der Waals surface area contributed by atoms with E-state index in [1.165, 1.54) is 16.8 Å². The van der Waals surface area contributed by atoms with E-state index in [9.17, 15) is 0 Å². The molecule has 1 heterocycles. The highest BCUT2D eigenvalue weighted by Gasteiger charge is 2.13. The fourth-order valence-electron chi connectivity index (χ4n) is 2.20. The van der Waals surface area contributed by atoms with E-state index in [1.54, 1.807) is 0 Å². The highest BCUT2D eigenvalue weighted by molar-refractivity contribution is 5.55. The van der Waals surface area contributed by atoms with Crippen molar-refractivity contribution in [2.75, 3.05) is 31.2 Å². The Hall–Kier alpha value is -1.02. The first-order valence-corrected chi connectivity index (χ1v) is 6.11. The molecule has 2 heteroatoms. The Balaban J connectivity index is 2.21. The lowest BCUT2D eigenvalue weighted by Crippen LogP contribution is -2.36. The van der Waals surface area contributed by atoms with E-state index in [1.807, 2.05) is 0 Å². The lowest BCUT2D eigenvalue weighted by molar-refractivity contribution is 0.122. The summed E-state index contributed by atoms with van der Waals surface area (Å²) in [6.07, 6.45) is 0. The molecule has 0 unspecified atom stereocenters. The molecule has 0 aromatic heterocycles. The van der Waals surface area contributed by atoms with Crippen molar-refractivity contribution in [1.29, 1.82) is 0 Å². The van der Waals surface area contributed by atoms with Crippen LogP contribution >= 0.6 is 0 Å². The molecular formula is C14H21NO. The fourth-order valence-corrected chi connectivity index (χ4v) is 2.20. The Morgan fingerprint density at radius 3 is 2.44 bits per heavy atom. The van der Waals surface area contributed by atoms with Gasteiger partial charge in [-0.1, -0.05) is 26.0 Å². The third-order valence-corrected chi connectivity index (χ3v) is 3.24. The van der Waals surface area contributed by atoms with E-state index in [-0.39, 0.29) is 0 Å². The van der Waals surface area contributed by atoms with Crippen LogP contribution in [-0.2, 0) is 4.74 Å². The van der Waals surface area contributed by atoms with Gasteiger partial charge in [-0.25, -0.2) is 0 Å². The van der Waals surface area contributed by atoms with Crippen LogP contribution in [0.4, 0.5) is 5.69 Å². The first-order chi connectivity index (χ1) is 7.68. The van der Waals surface area contributed by atoms with Crippen molar-refractivity contribution in [3.05, 3.63) is 29.3 Å². The van der Waals surface area contributed by atoms with Crippen molar-refractivity contribution in [3.63, 3.8) is 0 Å². The maximum atomic E-state index is 5.38. The predicted octanol–water partition coefficient (Wildman–Crippen LogP) is 2.96. The molecule has 1 saturated heterocycles. The molecule has 0 amide bonds. The Morgan fingerprint density at radius 2 is 1.88 bits per heavy atom. The van der Waals surface area contributed by atoms with Crippen LogP contribution in [0, 0.1) is 6.92 Å². The molecule has 1 fully saturated rings. The van der Waals surface area contributed by atoms with Crippen molar-refractivity contribution < 1.29 is 4.74 Å². The van der Waals surface area contributed by atoms with Crippen molar-refractivity contribution in [3.8, 4) is 0 Å². The van der Waals surface area contributed by atoms with E-state index in [0.717, 1.165) is 26.3 Å². The van der Waals surface area contributed by atoms with Gasteiger partial charge in [0.25, 0.3) is 0 Å². The number of aryl methyl sites for hydroxylation is 1. The monoisotopic (exact) mass is 219 g/mol. The number of benzene rings is 1. The molecule has 0 radical (unpaired) electrons. The van der Waals surface area contributed by atoms with Crippen molar-refractivity contribution >= 4 is 5.69 Å². The smallest absolute Gasteiger partial charge is 0.0642 e. The molecule has 0 aliphatic carbocycles. The summed E-state index contributed by atoms with van der Waals surface area (Å²) in [5, 5.41) is 0. The van der Waals surface area contributed by atoms with Crippen LogP contribution in [0.1, 0.15) is 30.9 Å². The van der Waals surface area contributed by atoms with Gasteiger partial charge >= 0.3 is 0 Å².